The van der Waals surface area contributed by atoms with Gasteiger partial charge in [-0.15, -0.1) is 16.4 Å². The second-order valence-corrected chi connectivity index (χ2v) is 7.67. The van der Waals surface area contributed by atoms with Crippen LogP contribution >= 0.6 is 11.3 Å². The summed E-state index contributed by atoms with van der Waals surface area (Å²) in [7, 11) is 0. The first kappa shape index (κ1) is 17.3. The fraction of sp³-hybridized carbons (Fsp3) is 0.421. The van der Waals surface area contributed by atoms with Gasteiger partial charge >= 0.3 is 0 Å². The summed E-state index contributed by atoms with van der Waals surface area (Å²) in [6.07, 6.45) is 4.99. The number of likely N-dealkylation sites (tertiary alicyclic amines) is 1. The van der Waals surface area contributed by atoms with Gasteiger partial charge in [-0.25, -0.2) is 9.07 Å². The number of hydrogen-bond donors (Lipinski definition) is 0. The van der Waals surface area contributed by atoms with E-state index in [0.717, 1.165) is 24.5 Å². The SMILES string of the molecule is Fc1ccc(Cn2nnnc2[C@@H](c2cccs2)N2CCCCCC2)cc1. The molecule has 136 valence electrons. The van der Waals surface area contributed by atoms with E-state index in [1.807, 2.05) is 4.68 Å². The molecule has 0 amide bonds. The first-order valence-electron chi connectivity index (χ1n) is 9.09. The standard InChI is InChI=1S/C19H22FN5S/c20-16-9-7-15(8-10-16)14-25-19(21-22-23-25)18(17-6-5-13-26-17)24-11-3-1-2-4-12-24/h5-10,13,18H,1-4,11-12,14H2/t18-/m1/s1. The summed E-state index contributed by atoms with van der Waals surface area (Å²) < 4.78 is 15.0. The van der Waals surface area contributed by atoms with Crippen molar-refractivity contribution in [1.29, 1.82) is 0 Å². The number of aromatic nitrogens is 4. The molecule has 5 nitrogen and oxygen atoms in total. The molecule has 4 rings (SSSR count). The van der Waals surface area contributed by atoms with Gasteiger partial charge in [0, 0.05) is 4.88 Å². The van der Waals surface area contributed by atoms with Crippen LogP contribution in [0.1, 0.15) is 48.0 Å². The second kappa shape index (κ2) is 8.05. The van der Waals surface area contributed by atoms with Gasteiger partial charge in [0.05, 0.1) is 6.54 Å². The lowest BCUT2D eigenvalue weighted by Crippen LogP contribution is -2.32. The van der Waals surface area contributed by atoms with Crippen LogP contribution < -0.4 is 0 Å². The first-order chi connectivity index (χ1) is 12.8. The zero-order chi connectivity index (χ0) is 17.8. The van der Waals surface area contributed by atoms with Crippen molar-refractivity contribution in [3.8, 4) is 0 Å². The normalized spacial score (nSPS) is 17.1. The summed E-state index contributed by atoms with van der Waals surface area (Å²) in [5.74, 6) is 0.630. The Hall–Kier alpha value is -2.12. The van der Waals surface area contributed by atoms with E-state index < -0.39 is 0 Å². The Morgan fingerprint density at radius 2 is 1.81 bits per heavy atom. The lowest BCUT2D eigenvalue weighted by Gasteiger charge is -2.29. The highest BCUT2D eigenvalue weighted by molar-refractivity contribution is 7.10. The Labute approximate surface area is 156 Å². The summed E-state index contributed by atoms with van der Waals surface area (Å²) in [6.45, 7) is 2.66. The quantitative estimate of drug-likeness (QED) is 0.683. The predicted molar refractivity (Wildman–Crippen MR) is 99.5 cm³/mol. The minimum atomic E-state index is -0.230. The number of nitrogens with zero attached hydrogens (tertiary/aromatic N) is 5. The van der Waals surface area contributed by atoms with Crippen molar-refractivity contribution in [2.45, 2.75) is 38.3 Å². The van der Waals surface area contributed by atoms with Crippen LogP contribution in [0.5, 0.6) is 0 Å². The zero-order valence-electron chi connectivity index (χ0n) is 14.6. The third-order valence-corrected chi connectivity index (χ3v) is 5.79. The molecule has 26 heavy (non-hydrogen) atoms. The maximum atomic E-state index is 13.2. The molecule has 1 aliphatic rings. The Balaban J connectivity index is 1.66. The molecule has 0 saturated carbocycles. The third-order valence-electron chi connectivity index (χ3n) is 4.87. The van der Waals surface area contributed by atoms with Crippen LogP contribution in [-0.2, 0) is 6.54 Å². The van der Waals surface area contributed by atoms with Gasteiger partial charge in [-0.3, -0.25) is 4.90 Å². The average Bonchev–Trinajstić information content (AvgIpc) is 3.26. The second-order valence-electron chi connectivity index (χ2n) is 6.69. The predicted octanol–water partition coefficient (Wildman–Crippen LogP) is 3.89. The fourth-order valence-electron chi connectivity index (χ4n) is 3.55. The van der Waals surface area contributed by atoms with E-state index in [-0.39, 0.29) is 11.9 Å². The molecule has 0 unspecified atom stereocenters. The molecule has 1 atom stereocenters. The molecule has 1 aliphatic heterocycles. The fourth-order valence-corrected chi connectivity index (χ4v) is 4.41. The minimum Gasteiger partial charge on any atom is -0.289 e. The molecule has 0 bridgehead atoms. The molecular weight excluding hydrogens is 349 g/mol. The highest BCUT2D eigenvalue weighted by atomic mass is 32.1. The zero-order valence-corrected chi connectivity index (χ0v) is 15.4. The number of tetrazole rings is 1. The largest absolute Gasteiger partial charge is 0.289 e. The van der Waals surface area contributed by atoms with Crippen molar-refractivity contribution in [2.24, 2.45) is 0 Å². The molecule has 0 radical (unpaired) electrons. The average molecular weight is 371 g/mol. The van der Waals surface area contributed by atoms with Crippen LogP contribution in [0.15, 0.2) is 41.8 Å². The molecule has 2 aromatic heterocycles. The number of halogens is 1. The van der Waals surface area contributed by atoms with Gasteiger partial charge in [0.1, 0.15) is 11.9 Å². The minimum absolute atomic E-state index is 0.0727. The van der Waals surface area contributed by atoms with Gasteiger partial charge in [0.25, 0.3) is 0 Å². The van der Waals surface area contributed by atoms with E-state index >= 15 is 0 Å². The van der Waals surface area contributed by atoms with Gasteiger partial charge in [-0.1, -0.05) is 31.0 Å². The molecule has 1 aromatic carbocycles. The number of thiophene rings is 1. The molecular formula is C19H22FN5S. The summed E-state index contributed by atoms with van der Waals surface area (Å²) in [5.41, 5.74) is 0.987. The first-order valence-corrected chi connectivity index (χ1v) is 9.97. The molecule has 0 spiro atoms. The van der Waals surface area contributed by atoms with Gasteiger partial charge in [0.15, 0.2) is 5.82 Å². The van der Waals surface area contributed by atoms with E-state index in [1.54, 1.807) is 23.5 Å². The van der Waals surface area contributed by atoms with Crippen molar-refractivity contribution in [3.63, 3.8) is 0 Å². The summed E-state index contributed by atoms with van der Waals surface area (Å²) in [6, 6.07) is 10.8. The topological polar surface area (TPSA) is 46.8 Å². The molecule has 0 aliphatic carbocycles. The van der Waals surface area contributed by atoms with Gasteiger partial charge in [-0.2, -0.15) is 0 Å². The molecule has 3 heterocycles. The Morgan fingerprint density at radius 3 is 2.50 bits per heavy atom. The van der Waals surface area contributed by atoms with E-state index in [0.29, 0.717) is 6.54 Å². The number of hydrogen-bond acceptors (Lipinski definition) is 5. The van der Waals surface area contributed by atoms with Crippen molar-refractivity contribution in [3.05, 3.63) is 63.9 Å². The number of rotatable bonds is 5. The molecule has 0 N–H and O–H groups in total. The van der Waals surface area contributed by atoms with E-state index in [9.17, 15) is 4.39 Å². The Kier molecular flexibility index (Phi) is 5.36. The van der Waals surface area contributed by atoms with Crippen LogP contribution in [0.2, 0.25) is 0 Å². The monoisotopic (exact) mass is 371 g/mol. The van der Waals surface area contributed by atoms with Gasteiger partial charge < -0.3 is 0 Å². The van der Waals surface area contributed by atoms with E-state index in [2.05, 4.69) is 37.9 Å². The highest BCUT2D eigenvalue weighted by Crippen LogP contribution is 2.32. The molecule has 3 aromatic rings. The Morgan fingerprint density at radius 1 is 1.04 bits per heavy atom. The van der Waals surface area contributed by atoms with Crippen LogP contribution in [-0.4, -0.2) is 38.2 Å². The maximum Gasteiger partial charge on any atom is 0.174 e. The van der Waals surface area contributed by atoms with Crippen LogP contribution in [0.25, 0.3) is 0 Å². The summed E-state index contributed by atoms with van der Waals surface area (Å²) in [5, 5.41) is 14.7. The highest BCUT2D eigenvalue weighted by Gasteiger charge is 2.29. The van der Waals surface area contributed by atoms with Crippen molar-refractivity contribution in [2.75, 3.05) is 13.1 Å². The van der Waals surface area contributed by atoms with Gasteiger partial charge in [-0.05, 0) is 65.5 Å². The van der Waals surface area contributed by atoms with Crippen LogP contribution in [0.4, 0.5) is 4.39 Å². The maximum absolute atomic E-state index is 13.2. The summed E-state index contributed by atoms with van der Waals surface area (Å²) >= 11 is 1.75. The summed E-state index contributed by atoms with van der Waals surface area (Å²) in [4.78, 5) is 3.77. The van der Waals surface area contributed by atoms with Crippen molar-refractivity contribution >= 4 is 11.3 Å². The Bertz CT molecular complexity index is 807. The molecule has 1 saturated heterocycles. The van der Waals surface area contributed by atoms with Crippen LogP contribution in [0.3, 0.4) is 0 Å². The van der Waals surface area contributed by atoms with Gasteiger partial charge in [0.2, 0.25) is 0 Å². The van der Waals surface area contributed by atoms with E-state index in [1.165, 1.54) is 42.7 Å². The lowest BCUT2D eigenvalue weighted by molar-refractivity contribution is 0.224. The molecule has 1 fully saturated rings. The van der Waals surface area contributed by atoms with E-state index in [4.69, 9.17) is 0 Å². The van der Waals surface area contributed by atoms with Crippen LogP contribution in [0, 0.1) is 5.82 Å². The third kappa shape index (κ3) is 3.83. The lowest BCUT2D eigenvalue weighted by atomic mass is 10.1. The van der Waals surface area contributed by atoms with Crippen molar-refractivity contribution in [1.82, 2.24) is 25.1 Å². The molecule has 7 heteroatoms. The van der Waals surface area contributed by atoms with Crippen molar-refractivity contribution < 1.29 is 4.39 Å². The smallest absolute Gasteiger partial charge is 0.174 e. The number of benzene rings is 1.